The molecule has 2 N–H and O–H groups in total. The molecular formula is C22H24N2O7S. The second-order valence-corrected chi connectivity index (χ2v) is 8.68. The Morgan fingerprint density at radius 1 is 1.19 bits per heavy atom. The summed E-state index contributed by atoms with van der Waals surface area (Å²) in [5.74, 6) is -1.28. The van der Waals surface area contributed by atoms with E-state index in [1.807, 2.05) is 13.0 Å². The summed E-state index contributed by atoms with van der Waals surface area (Å²) < 4.78 is 2.12. The number of aliphatic carboxylic acids is 1. The Kier molecular flexibility index (Phi) is 7.69. The number of aliphatic hydroxyl groups excluding tert-OH is 1. The van der Waals surface area contributed by atoms with E-state index < -0.39 is 28.9 Å². The largest absolute Gasteiger partial charge is 0.480 e. The highest BCUT2D eigenvalue weighted by atomic mass is 32.1. The van der Waals surface area contributed by atoms with Crippen LogP contribution in [0.1, 0.15) is 42.9 Å². The van der Waals surface area contributed by atoms with E-state index in [-0.39, 0.29) is 12.7 Å². The molecule has 1 aromatic carbocycles. The highest BCUT2D eigenvalue weighted by Crippen LogP contribution is 2.30. The molecule has 0 amide bonds. The standard InChI is InChI=1S/C21H24N2O5S.CO2/c1-5-15-12(2)16-17(25)23(21(3,4)19(26)27)20(28)22(18(16)29-15)11-14(24)13-9-7-6-8-10-13;2-1-3/h6-10,14,24H,5,11H2,1-4H3,(H,26,27);/t14-;/m0./s1. The van der Waals surface area contributed by atoms with Gasteiger partial charge < -0.3 is 10.2 Å². The van der Waals surface area contributed by atoms with E-state index >= 15 is 0 Å². The molecule has 0 aliphatic rings. The quantitative estimate of drug-likeness (QED) is 0.575. The lowest BCUT2D eigenvalue weighted by Crippen LogP contribution is -2.52. The van der Waals surface area contributed by atoms with Gasteiger partial charge in [-0.1, -0.05) is 37.3 Å². The molecule has 0 spiro atoms. The summed E-state index contributed by atoms with van der Waals surface area (Å²) in [4.78, 5) is 55.9. The third-order valence-electron chi connectivity index (χ3n) is 5.25. The number of aryl methyl sites for hydroxylation is 2. The number of fused-ring (bicyclic) bond motifs is 1. The lowest BCUT2D eigenvalue weighted by atomic mass is 10.1. The molecule has 1 atom stereocenters. The van der Waals surface area contributed by atoms with Crippen molar-refractivity contribution in [3.63, 3.8) is 0 Å². The fourth-order valence-electron chi connectivity index (χ4n) is 3.43. The molecule has 0 aliphatic heterocycles. The van der Waals surface area contributed by atoms with E-state index in [0.29, 0.717) is 22.2 Å². The van der Waals surface area contributed by atoms with Crippen molar-refractivity contribution in [3.05, 3.63) is 67.2 Å². The molecule has 2 heterocycles. The van der Waals surface area contributed by atoms with Gasteiger partial charge >= 0.3 is 17.8 Å². The van der Waals surface area contributed by atoms with Crippen molar-refractivity contribution in [1.82, 2.24) is 9.13 Å². The normalized spacial score (nSPS) is 12.0. The van der Waals surface area contributed by atoms with Crippen molar-refractivity contribution in [2.24, 2.45) is 0 Å². The van der Waals surface area contributed by atoms with E-state index in [2.05, 4.69) is 0 Å². The van der Waals surface area contributed by atoms with Crippen LogP contribution in [-0.2, 0) is 32.9 Å². The lowest BCUT2D eigenvalue weighted by molar-refractivity contribution is -0.191. The number of carbonyl (C=O) groups is 1. The number of hydrogen-bond acceptors (Lipinski definition) is 7. The monoisotopic (exact) mass is 460 g/mol. The van der Waals surface area contributed by atoms with Crippen molar-refractivity contribution in [3.8, 4) is 0 Å². The highest BCUT2D eigenvalue weighted by Gasteiger charge is 2.35. The minimum absolute atomic E-state index is 0.0849. The van der Waals surface area contributed by atoms with Crippen LogP contribution in [0.3, 0.4) is 0 Å². The summed E-state index contributed by atoms with van der Waals surface area (Å²) in [6.07, 6.45) is -0.0500. The number of thiophene rings is 1. The first-order valence-electron chi connectivity index (χ1n) is 9.76. The third-order valence-corrected chi connectivity index (χ3v) is 6.71. The van der Waals surface area contributed by atoms with Crippen LogP contribution >= 0.6 is 11.3 Å². The van der Waals surface area contributed by atoms with Crippen molar-refractivity contribution < 1.29 is 24.6 Å². The summed E-state index contributed by atoms with van der Waals surface area (Å²) >= 11 is 1.33. The predicted molar refractivity (Wildman–Crippen MR) is 118 cm³/mol. The van der Waals surface area contributed by atoms with E-state index in [4.69, 9.17) is 9.59 Å². The Balaban J connectivity index is 0.00000114. The third kappa shape index (κ3) is 4.47. The van der Waals surface area contributed by atoms with Gasteiger partial charge in [0.2, 0.25) is 0 Å². The number of rotatable bonds is 6. The number of nitrogens with zero attached hydrogens (tertiary/aromatic N) is 2. The van der Waals surface area contributed by atoms with E-state index in [1.165, 1.54) is 29.8 Å². The van der Waals surface area contributed by atoms with Crippen LogP contribution in [-0.4, -0.2) is 31.5 Å². The maximum atomic E-state index is 13.3. The number of aromatic nitrogens is 2. The number of benzene rings is 1. The summed E-state index contributed by atoms with van der Waals surface area (Å²) in [5, 5.41) is 20.7. The fraction of sp³-hybridized carbons (Fsp3) is 0.364. The molecule has 0 saturated carbocycles. The Bertz CT molecular complexity index is 1280. The average molecular weight is 461 g/mol. The molecule has 0 bridgehead atoms. The summed E-state index contributed by atoms with van der Waals surface area (Å²) in [6, 6.07) is 8.90. The minimum atomic E-state index is -1.73. The van der Waals surface area contributed by atoms with Gasteiger partial charge in [0, 0.05) is 4.88 Å². The Labute approximate surface area is 187 Å². The second-order valence-electron chi connectivity index (χ2n) is 7.59. The molecule has 0 fully saturated rings. The zero-order chi connectivity index (χ0) is 24.2. The summed E-state index contributed by atoms with van der Waals surface area (Å²) in [6.45, 7) is 6.32. The van der Waals surface area contributed by atoms with Crippen molar-refractivity contribution in [1.29, 1.82) is 0 Å². The first-order chi connectivity index (χ1) is 15.0. The molecule has 2 aromatic heterocycles. The molecule has 0 aliphatic carbocycles. The fourth-order valence-corrected chi connectivity index (χ4v) is 4.67. The van der Waals surface area contributed by atoms with Gasteiger partial charge in [0.05, 0.1) is 18.0 Å². The lowest BCUT2D eigenvalue weighted by Gasteiger charge is -2.24. The van der Waals surface area contributed by atoms with Gasteiger partial charge in [-0.15, -0.1) is 11.3 Å². The SMILES string of the molecule is CCc1sc2c(c1C)c(=O)n(C(C)(C)C(=O)O)c(=O)n2C[C@H](O)c1ccccc1.O=C=O. The van der Waals surface area contributed by atoms with Crippen molar-refractivity contribution in [2.75, 3.05) is 0 Å². The minimum Gasteiger partial charge on any atom is -0.480 e. The van der Waals surface area contributed by atoms with Crippen LogP contribution in [0.25, 0.3) is 10.2 Å². The first-order valence-corrected chi connectivity index (χ1v) is 10.6. The highest BCUT2D eigenvalue weighted by molar-refractivity contribution is 7.18. The van der Waals surface area contributed by atoms with Crippen molar-refractivity contribution in [2.45, 2.75) is 52.3 Å². The zero-order valence-electron chi connectivity index (χ0n) is 18.1. The van der Waals surface area contributed by atoms with E-state index in [0.717, 1.165) is 15.0 Å². The number of hydrogen-bond donors (Lipinski definition) is 2. The molecule has 32 heavy (non-hydrogen) atoms. The predicted octanol–water partition coefficient (Wildman–Crippen LogP) is 2.07. The van der Waals surface area contributed by atoms with Crippen LogP contribution in [0.4, 0.5) is 0 Å². The first kappa shape index (κ1) is 24.9. The van der Waals surface area contributed by atoms with Gasteiger partial charge in [-0.25, -0.2) is 14.2 Å². The van der Waals surface area contributed by atoms with Crippen LogP contribution in [0.5, 0.6) is 0 Å². The van der Waals surface area contributed by atoms with Gasteiger partial charge in [0.15, 0.2) is 0 Å². The number of carboxylic acids is 1. The van der Waals surface area contributed by atoms with Gasteiger partial charge in [-0.2, -0.15) is 9.59 Å². The van der Waals surface area contributed by atoms with Crippen LogP contribution in [0.2, 0.25) is 0 Å². The maximum Gasteiger partial charge on any atom is 0.373 e. The van der Waals surface area contributed by atoms with Gasteiger partial charge in [0.25, 0.3) is 5.56 Å². The van der Waals surface area contributed by atoms with Crippen LogP contribution < -0.4 is 11.2 Å². The van der Waals surface area contributed by atoms with Crippen LogP contribution in [0.15, 0.2) is 39.9 Å². The maximum absolute atomic E-state index is 13.3. The molecule has 10 heteroatoms. The molecular weight excluding hydrogens is 436 g/mol. The number of aliphatic hydroxyl groups is 1. The van der Waals surface area contributed by atoms with E-state index in [9.17, 15) is 24.6 Å². The summed E-state index contributed by atoms with van der Waals surface area (Å²) in [7, 11) is 0. The molecule has 0 radical (unpaired) electrons. The van der Waals surface area contributed by atoms with Gasteiger partial charge in [0.1, 0.15) is 10.4 Å². The van der Waals surface area contributed by atoms with Gasteiger partial charge in [-0.3, -0.25) is 9.36 Å². The van der Waals surface area contributed by atoms with E-state index in [1.54, 1.807) is 31.2 Å². The average Bonchev–Trinajstić information content (AvgIpc) is 3.08. The summed E-state index contributed by atoms with van der Waals surface area (Å²) in [5.41, 5.74) is -1.71. The van der Waals surface area contributed by atoms with Gasteiger partial charge in [-0.05, 0) is 38.3 Å². The topological polar surface area (TPSA) is 136 Å². The molecule has 0 unspecified atom stereocenters. The molecule has 3 rings (SSSR count). The Morgan fingerprint density at radius 3 is 2.25 bits per heavy atom. The molecule has 170 valence electrons. The van der Waals surface area contributed by atoms with Crippen LogP contribution in [0, 0.1) is 6.92 Å². The zero-order valence-corrected chi connectivity index (χ0v) is 18.9. The number of carbonyl (C=O) groups excluding carboxylic acids is 2. The molecule has 3 aromatic rings. The number of carboxylic acid groups (broad SMARTS) is 1. The van der Waals surface area contributed by atoms with Crippen molar-refractivity contribution >= 4 is 33.7 Å². The second kappa shape index (κ2) is 9.86. The molecule has 9 nitrogen and oxygen atoms in total. The smallest absolute Gasteiger partial charge is 0.373 e. The molecule has 0 saturated heterocycles. The Hall–Kier alpha value is -3.33. The Morgan fingerprint density at radius 2 is 1.75 bits per heavy atom.